The van der Waals surface area contributed by atoms with Gasteiger partial charge in [-0.1, -0.05) is 48.0 Å². The third-order valence-corrected chi connectivity index (χ3v) is 5.06. The first-order valence-electron chi connectivity index (χ1n) is 7.27. The molecular formula is C16H31NO. The topological polar surface area (TPSA) is 20.3 Å². The van der Waals surface area contributed by atoms with Crippen LogP contribution in [-0.2, 0) is 4.79 Å². The molecule has 1 aliphatic rings. The van der Waals surface area contributed by atoms with Crippen molar-refractivity contribution in [1.29, 1.82) is 0 Å². The number of hydrogen-bond acceptors (Lipinski definition) is 1. The molecule has 106 valence electrons. The van der Waals surface area contributed by atoms with Crippen molar-refractivity contribution in [1.82, 2.24) is 4.90 Å². The van der Waals surface area contributed by atoms with Crippen LogP contribution in [0.1, 0.15) is 67.7 Å². The van der Waals surface area contributed by atoms with Crippen molar-refractivity contribution in [2.45, 2.75) is 67.7 Å². The lowest BCUT2D eigenvalue weighted by Gasteiger charge is -2.55. The summed E-state index contributed by atoms with van der Waals surface area (Å²) < 4.78 is 0. The van der Waals surface area contributed by atoms with Gasteiger partial charge in [0.15, 0.2) is 0 Å². The Morgan fingerprint density at radius 2 is 1.50 bits per heavy atom. The number of likely N-dealkylation sites (tertiary alicyclic amines) is 1. The number of hydrogen-bond donors (Lipinski definition) is 0. The van der Waals surface area contributed by atoms with E-state index in [9.17, 15) is 4.79 Å². The predicted molar refractivity (Wildman–Crippen MR) is 77.4 cm³/mol. The molecule has 1 saturated heterocycles. The van der Waals surface area contributed by atoms with Crippen LogP contribution in [0.15, 0.2) is 0 Å². The molecule has 0 unspecified atom stereocenters. The van der Waals surface area contributed by atoms with Gasteiger partial charge >= 0.3 is 0 Å². The summed E-state index contributed by atoms with van der Waals surface area (Å²) in [5.74, 6) is 0.231. The van der Waals surface area contributed by atoms with E-state index in [-0.39, 0.29) is 22.2 Å². The van der Waals surface area contributed by atoms with Crippen molar-refractivity contribution in [3.05, 3.63) is 0 Å². The van der Waals surface area contributed by atoms with Crippen molar-refractivity contribution in [3.8, 4) is 0 Å². The average molecular weight is 253 g/mol. The van der Waals surface area contributed by atoms with E-state index < -0.39 is 0 Å². The molecule has 2 nitrogen and oxygen atoms in total. The zero-order chi connectivity index (χ0) is 14.2. The van der Waals surface area contributed by atoms with Crippen LogP contribution in [0, 0.1) is 16.2 Å². The van der Waals surface area contributed by atoms with Gasteiger partial charge in [-0.3, -0.25) is 4.79 Å². The fourth-order valence-electron chi connectivity index (χ4n) is 3.83. The second-order valence-corrected chi connectivity index (χ2v) is 7.98. The third-order valence-electron chi connectivity index (χ3n) is 5.06. The quantitative estimate of drug-likeness (QED) is 0.636. The maximum atomic E-state index is 11.8. The molecule has 2 heteroatoms. The smallest absolute Gasteiger partial charge is 0.219 e. The molecule has 0 radical (unpaired) electrons. The first-order valence-corrected chi connectivity index (χ1v) is 7.27. The maximum absolute atomic E-state index is 11.8. The van der Waals surface area contributed by atoms with Crippen LogP contribution in [0.4, 0.5) is 0 Å². The van der Waals surface area contributed by atoms with Crippen LogP contribution in [0.5, 0.6) is 0 Å². The molecule has 0 saturated carbocycles. The van der Waals surface area contributed by atoms with Gasteiger partial charge < -0.3 is 4.90 Å². The zero-order valence-electron chi connectivity index (χ0n) is 13.4. The van der Waals surface area contributed by atoms with Gasteiger partial charge in [0, 0.05) is 20.0 Å². The van der Waals surface area contributed by atoms with Gasteiger partial charge in [-0.2, -0.15) is 0 Å². The lowest BCUT2D eigenvalue weighted by Crippen LogP contribution is -2.53. The summed E-state index contributed by atoms with van der Waals surface area (Å²) in [5.41, 5.74) is 0.620. The Balaban J connectivity index is 3.20. The summed E-state index contributed by atoms with van der Waals surface area (Å²) >= 11 is 0. The van der Waals surface area contributed by atoms with Crippen molar-refractivity contribution in [2.24, 2.45) is 16.2 Å². The molecule has 0 N–H and O–H groups in total. The van der Waals surface area contributed by atoms with Crippen molar-refractivity contribution in [3.63, 3.8) is 0 Å². The highest BCUT2D eigenvalue weighted by atomic mass is 16.2. The minimum Gasteiger partial charge on any atom is -0.342 e. The number of amides is 1. The van der Waals surface area contributed by atoms with Crippen LogP contribution >= 0.6 is 0 Å². The first-order chi connectivity index (χ1) is 8.01. The molecule has 0 bridgehead atoms. The van der Waals surface area contributed by atoms with Gasteiger partial charge in [0.1, 0.15) is 0 Å². The van der Waals surface area contributed by atoms with Gasteiger partial charge in [-0.15, -0.1) is 0 Å². The fourth-order valence-corrected chi connectivity index (χ4v) is 3.83. The van der Waals surface area contributed by atoms with Gasteiger partial charge in [0.05, 0.1) is 0 Å². The number of rotatable bonds is 0. The molecule has 0 aromatic heterocycles. The van der Waals surface area contributed by atoms with E-state index in [1.165, 1.54) is 12.8 Å². The molecule has 1 heterocycles. The molecule has 1 amide bonds. The van der Waals surface area contributed by atoms with Crippen LogP contribution < -0.4 is 0 Å². The molecule has 18 heavy (non-hydrogen) atoms. The summed E-state index contributed by atoms with van der Waals surface area (Å²) in [7, 11) is 0. The summed E-state index contributed by atoms with van der Waals surface area (Å²) in [4.78, 5) is 13.9. The normalized spacial score (nSPS) is 21.6. The SMILES string of the molecule is CC(=O)N1CCCCC(C(C)(C)C)(C(C)(C)C)C1. The lowest BCUT2D eigenvalue weighted by atomic mass is 9.52. The van der Waals surface area contributed by atoms with Crippen LogP contribution in [0.3, 0.4) is 0 Å². The first kappa shape index (κ1) is 15.5. The molecule has 0 aromatic rings. The Morgan fingerprint density at radius 1 is 1.00 bits per heavy atom. The van der Waals surface area contributed by atoms with Crippen LogP contribution in [0.2, 0.25) is 0 Å². The maximum Gasteiger partial charge on any atom is 0.219 e. The Hall–Kier alpha value is -0.530. The standard InChI is InChI=1S/C16H31NO/c1-13(18)17-11-9-8-10-16(12-17,14(2,3)4)15(5,6)7/h8-12H2,1-7H3. The minimum atomic E-state index is 0.197. The highest BCUT2D eigenvalue weighted by Crippen LogP contribution is 2.55. The molecule has 1 fully saturated rings. The second-order valence-electron chi connectivity index (χ2n) is 7.98. The summed E-state index contributed by atoms with van der Waals surface area (Å²) in [5, 5.41) is 0. The average Bonchev–Trinajstić information content (AvgIpc) is 2.37. The van der Waals surface area contributed by atoms with Gasteiger partial charge in [0.25, 0.3) is 0 Å². The molecule has 1 rings (SSSR count). The van der Waals surface area contributed by atoms with Crippen molar-refractivity contribution in [2.75, 3.05) is 13.1 Å². The molecule has 0 aromatic carbocycles. The van der Waals surface area contributed by atoms with Gasteiger partial charge in [0.2, 0.25) is 5.91 Å². The molecular weight excluding hydrogens is 222 g/mol. The summed E-state index contributed by atoms with van der Waals surface area (Å²) in [6.07, 6.45) is 3.61. The third kappa shape index (κ3) is 2.73. The van der Waals surface area contributed by atoms with E-state index in [0.717, 1.165) is 19.5 Å². The fraction of sp³-hybridized carbons (Fsp3) is 0.938. The largest absolute Gasteiger partial charge is 0.342 e. The molecule has 0 aliphatic carbocycles. The predicted octanol–water partition coefficient (Wildman–Crippen LogP) is 4.10. The Bertz CT molecular complexity index is 292. The van der Waals surface area contributed by atoms with Gasteiger partial charge in [-0.25, -0.2) is 0 Å². The number of nitrogens with zero attached hydrogens (tertiary/aromatic N) is 1. The minimum absolute atomic E-state index is 0.197. The zero-order valence-corrected chi connectivity index (χ0v) is 13.4. The lowest BCUT2D eigenvalue weighted by molar-refractivity contribution is -0.134. The van der Waals surface area contributed by atoms with Crippen LogP contribution in [-0.4, -0.2) is 23.9 Å². The van der Waals surface area contributed by atoms with E-state index in [4.69, 9.17) is 0 Å². The van der Waals surface area contributed by atoms with E-state index in [1.54, 1.807) is 6.92 Å². The Morgan fingerprint density at radius 3 is 1.89 bits per heavy atom. The number of carbonyl (C=O) groups excluding carboxylic acids is 1. The van der Waals surface area contributed by atoms with Gasteiger partial charge in [-0.05, 0) is 29.1 Å². The van der Waals surface area contributed by atoms with Crippen molar-refractivity contribution >= 4 is 5.91 Å². The monoisotopic (exact) mass is 253 g/mol. The van der Waals surface area contributed by atoms with E-state index in [1.807, 2.05) is 0 Å². The second kappa shape index (κ2) is 4.86. The highest BCUT2D eigenvalue weighted by Gasteiger charge is 2.51. The van der Waals surface area contributed by atoms with Crippen molar-refractivity contribution < 1.29 is 4.79 Å². The summed E-state index contributed by atoms with van der Waals surface area (Å²) in [6.45, 7) is 17.6. The van der Waals surface area contributed by atoms with Crippen LogP contribution in [0.25, 0.3) is 0 Å². The van der Waals surface area contributed by atoms with E-state index >= 15 is 0 Å². The number of carbonyl (C=O) groups is 1. The highest BCUT2D eigenvalue weighted by molar-refractivity contribution is 5.73. The molecule has 1 aliphatic heterocycles. The van der Waals surface area contributed by atoms with E-state index in [0.29, 0.717) is 0 Å². The summed E-state index contributed by atoms with van der Waals surface area (Å²) in [6, 6.07) is 0. The Labute approximate surface area is 113 Å². The van der Waals surface area contributed by atoms with E-state index in [2.05, 4.69) is 46.4 Å². The molecule has 0 atom stereocenters. The Kier molecular flexibility index (Phi) is 4.19. The molecule has 0 spiro atoms.